The molecule has 0 N–H and O–H groups in total. The minimum absolute atomic E-state index is 0. The van der Waals surface area contributed by atoms with Crippen molar-refractivity contribution in [1.29, 1.82) is 0 Å². The summed E-state index contributed by atoms with van der Waals surface area (Å²) in [5.74, 6) is 0. The molecule has 0 radical (unpaired) electrons. The van der Waals surface area contributed by atoms with Crippen LogP contribution >= 0.6 is 54.5 Å². The lowest BCUT2D eigenvalue weighted by Gasteiger charge is -2.10. The Morgan fingerprint density at radius 3 is 1.07 bits per heavy atom. The first-order valence-electron chi connectivity index (χ1n) is 23.2. The summed E-state index contributed by atoms with van der Waals surface area (Å²) in [5.41, 5.74) is 14.4. The fraction of sp³-hybridized carbons (Fsp3) is 0.0303. The first-order chi connectivity index (χ1) is 33.9. The van der Waals surface area contributed by atoms with Crippen LogP contribution in [0.2, 0.25) is 0 Å². The van der Waals surface area contributed by atoms with E-state index >= 15 is 0 Å². The number of nitrogens with zero attached hydrogens (tertiary/aromatic N) is 1. The van der Waals surface area contributed by atoms with Crippen molar-refractivity contribution in [2.45, 2.75) is 13.8 Å². The lowest BCUT2D eigenvalue weighted by atomic mass is 9.94. The normalized spacial score (nSPS) is 11.5. The minimum atomic E-state index is 0. The second kappa shape index (κ2) is 19.5. The summed E-state index contributed by atoms with van der Waals surface area (Å²) in [4.78, 5) is 0. The van der Waals surface area contributed by atoms with Crippen LogP contribution in [0, 0.1) is 3.57 Å². The Morgan fingerprint density at radius 1 is 0.329 bits per heavy atom. The predicted octanol–water partition coefficient (Wildman–Crippen LogP) is 20.4. The molecule has 1 nitrogen and oxygen atoms in total. The summed E-state index contributed by atoms with van der Waals surface area (Å²) >= 11 is 9.27. The van der Waals surface area contributed by atoms with Crippen molar-refractivity contribution in [3.8, 4) is 39.1 Å². The Balaban J connectivity index is 0.000000126. The van der Waals surface area contributed by atoms with E-state index in [0.717, 1.165) is 15.4 Å². The van der Waals surface area contributed by atoms with Gasteiger partial charge in [0.05, 0.1) is 11.0 Å². The van der Waals surface area contributed by atoms with E-state index in [1.807, 2.05) is 0 Å². The molecule has 1 aliphatic carbocycles. The highest BCUT2D eigenvalue weighted by molar-refractivity contribution is 14.1. The molecule has 0 saturated carbocycles. The van der Waals surface area contributed by atoms with E-state index in [-0.39, 0.29) is 7.43 Å². The first-order valence-corrected chi connectivity index (χ1v) is 25.8. The van der Waals surface area contributed by atoms with Gasteiger partial charge in [-0.1, -0.05) is 221 Å². The van der Waals surface area contributed by atoms with Gasteiger partial charge in [-0.3, -0.25) is 0 Å². The standard InChI is InChI=1S/C32H20BrN.C21H14.C12H8BrI.CH4/c33-25-15-9-21(10-16-25)22-11-17-26(18-12-22)34-29-19-13-23-5-1-3-7-27(23)31(29)32-28-8-4-2-6-24(28)14-20-30(32)34;1-3-7-18-14(5-1)9-11-16-13-17-12-10-15-6-2-4-8-19(15)21(17)20(16)18;13-11-5-1-9(2-6-11)10-3-7-12(14)8-4-10;/h1-20H;1-12H,13H2;1-8H;1H4. The van der Waals surface area contributed by atoms with Gasteiger partial charge in [0.2, 0.25) is 0 Å². The molecule has 0 aliphatic heterocycles. The second-order valence-corrected chi connectivity index (χ2v) is 20.7. The summed E-state index contributed by atoms with van der Waals surface area (Å²) in [6, 6.07) is 87.3. The molecule has 0 saturated heterocycles. The van der Waals surface area contributed by atoms with Gasteiger partial charge in [-0.05, 0) is 177 Å². The topological polar surface area (TPSA) is 4.93 Å². The SMILES string of the molecule is Brc1ccc(-c2ccc(-n3c4ccc5ccccc5c4c4c5ccccc5ccc43)cc2)cc1.Brc1ccc(-c2ccc(I)cc2)cc1.C.c1ccc2c3c(ccc2c1)Cc1ccc2ccccc2c1-3. The Morgan fingerprint density at radius 2 is 0.657 bits per heavy atom. The summed E-state index contributed by atoms with van der Waals surface area (Å²) in [7, 11) is 0. The van der Waals surface area contributed by atoms with E-state index in [9.17, 15) is 0 Å². The van der Waals surface area contributed by atoms with Gasteiger partial charge in [0.1, 0.15) is 0 Å². The minimum Gasteiger partial charge on any atom is -0.309 e. The Kier molecular flexibility index (Phi) is 12.7. The van der Waals surface area contributed by atoms with Crippen molar-refractivity contribution in [1.82, 2.24) is 4.57 Å². The zero-order chi connectivity index (χ0) is 46.4. The number of fused-ring (bicyclic) bond motifs is 14. The van der Waals surface area contributed by atoms with Gasteiger partial charge in [-0.25, -0.2) is 0 Å². The lowest BCUT2D eigenvalue weighted by molar-refractivity contribution is 1.18. The van der Waals surface area contributed by atoms with Gasteiger partial charge in [0.15, 0.2) is 0 Å². The summed E-state index contributed by atoms with van der Waals surface area (Å²) in [6.45, 7) is 0. The van der Waals surface area contributed by atoms with Gasteiger partial charge in [-0.2, -0.15) is 0 Å². The molecule has 1 heterocycles. The summed E-state index contributed by atoms with van der Waals surface area (Å²) in [6.07, 6.45) is 1.06. The Bertz CT molecular complexity index is 3820. The lowest BCUT2D eigenvalue weighted by Crippen LogP contribution is -1.93. The number of hydrogen-bond donors (Lipinski definition) is 0. The maximum absolute atomic E-state index is 3.53. The maximum atomic E-state index is 3.53. The molecular formula is C66H46Br2IN. The molecule has 13 aromatic rings. The fourth-order valence-electron chi connectivity index (χ4n) is 10.3. The molecule has 0 fully saturated rings. The van der Waals surface area contributed by atoms with Crippen LogP contribution in [0.4, 0.5) is 0 Å². The Labute approximate surface area is 439 Å². The van der Waals surface area contributed by atoms with Crippen molar-refractivity contribution < 1.29 is 0 Å². The van der Waals surface area contributed by atoms with Crippen LogP contribution in [0.25, 0.3) is 104 Å². The van der Waals surface area contributed by atoms with Crippen LogP contribution in [0.5, 0.6) is 0 Å². The van der Waals surface area contributed by atoms with E-state index in [4.69, 9.17) is 0 Å². The molecule has 0 atom stereocenters. The fourth-order valence-corrected chi connectivity index (χ4v) is 11.2. The molecule has 4 heteroatoms. The Hall–Kier alpha value is -6.83. The summed E-state index contributed by atoms with van der Waals surface area (Å²) < 4.78 is 5.89. The first kappa shape index (κ1) is 45.6. The average Bonchev–Trinajstić information content (AvgIpc) is 3.97. The van der Waals surface area contributed by atoms with Crippen molar-refractivity contribution in [2.75, 3.05) is 0 Å². The van der Waals surface area contributed by atoms with Crippen LogP contribution in [0.1, 0.15) is 18.6 Å². The molecule has 12 aromatic carbocycles. The number of hydrogen-bond acceptors (Lipinski definition) is 0. The third-order valence-corrected chi connectivity index (χ3v) is 15.3. The number of benzene rings is 12. The highest BCUT2D eigenvalue weighted by atomic mass is 127. The van der Waals surface area contributed by atoms with E-state index < -0.39 is 0 Å². The molecule has 0 amide bonds. The van der Waals surface area contributed by atoms with Crippen LogP contribution in [-0.2, 0) is 6.42 Å². The van der Waals surface area contributed by atoms with Gasteiger partial charge in [0, 0.05) is 29.0 Å². The third kappa shape index (κ3) is 8.53. The quantitative estimate of drug-likeness (QED) is 0.155. The number of aromatic nitrogens is 1. The van der Waals surface area contributed by atoms with Crippen molar-refractivity contribution in [3.05, 3.63) is 266 Å². The van der Waals surface area contributed by atoms with Crippen LogP contribution < -0.4 is 0 Å². The van der Waals surface area contributed by atoms with E-state index in [2.05, 4.69) is 302 Å². The molecule has 0 spiro atoms. The molecule has 1 aromatic heterocycles. The van der Waals surface area contributed by atoms with Crippen molar-refractivity contribution in [2.24, 2.45) is 0 Å². The molecule has 70 heavy (non-hydrogen) atoms. The van der Waals surface area contributed by atoms with E-state index in [0.29, 0.717) is 0 Å². The van der Waals surface area contributed by atoms with Crippen molar-refractivity contribution >= 4 is 119 Å². The van der Waals surface area contributed by atoms with E-state index in [1.54, 1.807) is 0 Å². The van der Waals surface area contributed by atoms with Gasteiger partial charge >= 0.3 is 0 Å². The third-order valence-electron chi connectivity index (χ3n) is 13.5. The van der Waals surface area contributed by atoms with Crippen LogP contribution in [0.15, 0.2) is 252 Å². The van der Waals surface area contributed by atoms with Crippen LogP contribution in [0.3, 0.4) is 0 Å². The van der Waals surface area contributed by atoms with Gasteiger partial charge in [-0.15, -0.1) is 0 Å². The molecule has 0 unspecified atom stereocenters. The predicted molar refractivity (Wildman–Crippen MR) is 318 cm³/mol. The highest BCUT2D eigenvalue weighted by Crippen LogP contribution is 2.45. The number of rotatable bonds is 3. The molecule has 0 bridgehead atoms. The molecule has 14 rings (SSSR count). The molecule has 1 aliphatic rings. The molecular weight excluding hydrogens is 1090 g/mol. The zero-order valence-corrected chi connectivity index (χ0v) is 42.7. The molecule has 336 valence electrons. The van der Waals surface area contributed by atoms with Crippen LogP contribution in [-0.4, -0.2) is 4.57 Å². The van der Waals surface area contributed by atoms with Gasteiger partial charge in [0.25, 0.3) is 0 Å². The largest absolute Gasteiger partial charge is 0.309 e. The number of halogens is 3. The van der Waals surface area contributed by atoms with Crippen molar-refractivity contribution in [3.63, 3.8) is 0 Å². The van der Waals surface area contributed by atoms with E-state index in [1.165, 1.54) is 119 Å². The summed E-state index contributed by atoms with van der Waals surface area (Å²) in [5, 5.41) is 13.2. The maximum Gasteiger partial charge on any atom is 0.0547 e. The zero-order valence-electron chi connectivity index (χ0n) is 37.4. The average molecular weight is 1140 g/mol. The second-order valence-electron chi connectivity index (χ2n) is 17.6. The highest BCUT2D eigenvalue weighted by Gasteiger charge is 2.23. The van der Waals surface area contributed by atoms with Gasteiger partial charge < -0.3 is 4.57 Å². The monoisotopic (exact) mass is 1140 g/mol. The smallest absolute Gasteiger partial charge is 0.0547 e.